The summed E-state index contributed by atoms with van der Waals surface area (Å²) in [4.78, 5) is 5.00. The SMILES string of the molecule is C1CCC2=NN3C(CCC4CCCC43)N=C2C1. The highest BCUT2D eigenvalue weighted by Gasteiger charge is 2.41. The zero-order chi connectivity index (χ0) is 11.2. The van der Waals surface area contributed by atoms with E-state index in [2.05, 4.69) is 5.01 Å². The van der Waals surface area contributed by atoms with Crippen LogP contribution in [0, 0.1) is 5.92 Å². The maximum atomic E-state index is 5.00. The molecule has 0 aromatic carbocycles. The molecule has 1 saturated heterocycles. The van der Waals surface area contributed by atoms with Crippen LogP contribution in [0.5, 0.6) is 0 Å². The Morgan fingerprint density at radius 1 is 0.882 bits per heavy atom. The van der Waals surface area contributed by atoms with Gasteiger partial charge >= 0.3 is 0 Å². The molecule has 2 aliphatic carbocycles. The van der Waals surface area contributed by atoms with Gasteiger partial charge in [0.05, 0.1) is 17.5 Å². The number of hydrogen-bond donors (Lipinski definition) is 0. The van der Waals surface area contributed by atoms with Crippen LogP contribution in [0.4, 0.5) is 0 Å². The van der Waals surface area contributed by atoms with Crippen LogP contribution >= 0.6 is 0 Å². The third-order valence-electron chi connectivity index (χ3n) is 5.01. The van der Waals surface area contributed by atoms with E-state index < -0.39 is 0 Å². The number of hydrazone groups is 1. The molecule has 0 radical (unpaired) electrons. The molecule has 3 nitrogen and oxygen atoms in total. The lowest BCUT2D eigenvalue weighted by Gasteiger charge is -2.43. The summed E-state index contributed by atoms with van der Waals surface area (Å²) in [6.45, 7) is 0. The normalized spacial score (nSPS) is 40.0. The third kappa shape index (κ3) is 1.54. The zero-order valence-electron chi connectivity index (χ0n) is 10.4. The lowest BCUT2D eigenvalue weighted by molar-refractivity contribution is 0.0602. The largest absolute Gasteiger partial charge is 0.269 e. The molecule has 2 heterocycles. The number of aliphatic imine (C=N–C) groups is 1. The van der Waals surface area contributed by atoms with Crippen molar-refractivity contribution in [2.75, 3.05) is 0 Å². The molecule has 0 aromatic heterocycles. The average Bonchev–Trinajstić information content (AvgIpc) is 2.85. The van der Waals surface area contributed by atoms with E-state index in [4.69, 9.17) is 10.1 Å². The Morgan fingerprint density at radius 3 is 2.71 bits per heavy atom. The van der Waals surface area contributed by atoms with E-state index in [1.165, 1.54) is 69.2 Å². The van der Waals surface area contributed by atoms with Gasteiger partial charge in [-0.1, -0.05) is 6.42 Å². The van der Waals surface area contributed by atoms with E-state index in [0.29, 0.717) is 12.2 Å². The van der Waals surface area contributed by atoms with Gasteiger partial charge in [-0.2, -0.15) is 5.10 Å². The molecule has 3 unspecified atom stereocenters. The molecule has 4 rings (SSSR count). The monoisotopic (exact) mass is 231 g/mol. The lowest BCUT2D eigenvalue weighted by Crippen LogP contribution is -2.49. The minimum absolute atomic E-state index is 0.395. The van der Waals surface area contributed by atoms with E-state index in [1.807, 2.05) is 0 Å². The fraction of sp³-hybridized carbons (Fsp3) is 0.857. The molecular weight excluding hydrogens is 210 g/mol. The van der Waals surface area contributed by atoms with Gasteiger partial charge in [-0.05, 0) is 57.3 Å². The van der Waals surface area contributed by atoms with E-state index in [0.717, 1.165) is 5.92 Å². The van der Waals surface area contributed by atoms with Gasteiger partial charge in [-0.25, -0.2) is 0 Å². The maximum Gasteiger partial charge on any atom is 0.137 e. The molecular formula is C14H21N3. The predicted octanol–water partition coefficient (Wildman–Crippen LogP) is 2.96. The standard InChI is InChI=1S/C14H21N3/c1-2-6-12-11(5-1)15-14-9-8-10-4-3-7-13(10)17(14)16-12/h10,13-14H,1-9H2. The lowest BCUT2D eigenvalue weighted by atomic mass is 9.90. The molecule has 4 aliphatic rings. The summed E-state index contributed by atoms with van der Waals surface area (Å²) < 4.78 is 0. The quantitative estimate of drug-likeness (QED) is 0.630. The van der Waals surface area contributed by atoms with Gasteiger partial charge < -0.3 is 0 Å². The first kappa shape index (κ1) is 10.1. The predicted molar refractivity (Wildman–Crippen MR) is 69.3 cm³/mol. The van der Waals surface area contributed by atoms with Crippen LogP contribution in [0.1, 0.15) is 57.8 Å². The van der Waals surface area contributed by atoms with Crippen LogP contribution in [0.15, 0.2) is 10.1 Å². The number of piperidine rings is 1. The molecule has 0 amide bonds. The summed E-state index contributed by atoms with van der Waals surface area (Å²) in [6, 6.07) is 0.716. The fourth-order valence-corrected chi connectivity index (χ4v) is 4.12. The number of hydrogen-bond acceptors (Lipinski definition) is 3. The summed E-state index contributed by atoms with van der Waals surface area (Å²) in [6.07, 6.45) is 12.2. The molecule has 2 saturated carbocycles. The average molecular weight is 231 g/mol. The summed E-state index contributed by atoms with van der Waals surface area (Å²) in [5.41, 5.74) is 2.66. The molecule has 3 fully saturated rings. The van der Waals surface area contributed by atoms with Crippen LogP contribution in [-0.4, -0.2) is 28.6 Å². The fourth-order valence-electron chi connectivity index (χ4n) is 4.12. The minimum Gasteiger partial charge on any atom is -0.269 e. The van der Waals surface area contributed by atoms with Crippen molar-refractivity contribution in [3.05, 3.63) is 0 Å². The zero-order valence-corrected chi connectivity index (χ0v) is 10.4. The highest BCUT2D eigenvalue weighted by molar-refractivity contribution is 6.43. The van der Waals surface area contributed by atoms with Crippen LogP contribution in [0.2, 0.25) is 0 Å². The Labute approximate surface area is 103 Å². The van der Waals surface area contributed by atoms with Crippen LogP contribution in [0.3, 0.4) is 0 Å². The van der Waals surface area contributed by atoms with Crippen molar-refractivity contribution in [2.24, 2.45) is 16.0 Å². The van der Waals surface area contributed by atoms with Gasteiger partial charge in [0.15, 0.2) is 0 Å². The van der Waals surface area contributed by atoms with Gasteiger partial charge in [0.2, 0.25) is 0 Å². The van der Waals surface area contributed by atoms with Crippen molar-refractivity contribution in [1.82, 2.24) is 5.01 Å². The van der Waals surface area contributed by atoms with Crippen molar-refractivity contribution in [2.45, 2.75) is 70.0 Å². The second kappa shape index (κ2) is 3.82. The van der Waals surface area contributed by atoms with Crippen molar-refractivity contribution in [3.63, 3.8) is 0 Å². The highest BCUT2D eigenvalue weighted by Crippen LogP contribution is 2.41. The van der Waals surface area contributed by atoms with Gasteiger partial charge in [0.25, 0.3) is 0 Å². The van der Waals surface area contributed by atoms with Gasteiger partial charge in [0, 0.05) is 0 Å². The number of rotatable bonds is 0. The molecule has 0 spiro atoms. The highest BCUT2D eigenvalue weighted by atomic mass is 15.5. The first-order valence-electron chi connectivity index (χ1n) is 7.35. The van der Waals surface area contributed by atoms with Gasteiger partial charge in [-0.15, -0.1) is 0 Å². The topological polar surface area (TPSA) is 28.0 Å². The van der Waals surface area contributed by atoms with Crippen LogP contribution in [0.25, 0.3) is 0 Å². The molecule has 0 bridgehead atoms. The van der Waals surface area contributed by atoms with Crippen molar-refractivity contribution in [1.29, 1.82) is 0 Å². The summed E-state index contributed by atoms with van der Waals surface area (Å²) in [5, 5.41) is 7.38. The van der Waals surface area contributed by atoms with E-state index in [1.54, 1.807) is 0 Å². The van der Waals surface area contributed by atoms with E-state index in [9.17, 15) is 0 Å². The van der Waals surface area contributed by atoms with E-state index >= 15 is 0 Å². The molecule has 3 atom stereocenters. The Morgan fingerprint density at radius 2 is 1.76 bits per heavy atom. The Balaban J connectivity index is 1.65. The molecule has 0 aromatic rings. The van der Waals surface area contributed by atoms with Gasteiger partial charge in [0.1, 0.15) is 6.17 Å². The Kier molecular flexibility index (Phi) is 2.27. The van der Waals surface area contributed by atoms with E-state index in [-0.39, 0.29) is 0 Å². The maximum absolute atomic E-state index is 5.00. The second-order valence-corrected chi connectivity index (χ2v) is 6.03. The Hall–Kier alpha value is -0.860. The smallest absolute Gasteiger partial charge is 0.137 e. The third-order valence-corrected chi connectivity index (χ3v) is 5.01. The number of fused-ring (bicyclic) bond motifs is 4. The summed E-state index contributed by atoms with van der Waals surface area (Å²) in [5.74, 6) is 0.913. The molecule has 2 aliphatic heterocycles. The second-order valence-electron chi connectivity index (χ2n) is 6.03. The van der Waals surface area contributed by atoms with Crippen molar-refractivity contribution in [3.8, 4) is 0 Å². The minimum atomic E-state index is 0.395. The Bertz CT molecular complexity index is 385. The summed E-state index contributed by atoms with van der Waals surface area (Å²) >= 11 is 0. The van der Waals surface area contributed by atoms with Gasteiger partial charge in [-0.3, -0.25) is 10.0 Å². The molecule has 17 heavy (non-hydrogen) atoms. The number of nitrogens with zero attached hydrogens (tertiary/aromatic N) is 3. The van der Waals surface area contributed by atoms with Crippen molar-refractivity contribution < 1.29 is 0 Å². The molecule has 3 heteroatoms. The van der Waals surface area contributed by atoms with Crippen LogP contribution < -0.4 is 0 Å². The first-order chi connectivity index (χ1) is 8.42. The van der Waals surface area contributed by atoms with Crippen molar-refractivity contribution >= 4 is 11.4 Å². The first-order valence-corrected chi connectivity index (χ1v) is 7.35. The van der Waals surface area contributed by atoms with Crippen LogP contribution in [-0.2, 0) is 0 Å². The molecule has 92 valence electrons. The molecule has 0 N–H and O–H groups in total. The summed E-state index contributed by atoms with van der Waals surface area (Å²) in [7, 11) is 0.